The number of carbonyl (C=O) groups excluding carboxylic acids is 1. The number of nitrogens with zero attached hydrogens (tertiary/aromatic N) is 5. The number of aromatic nitrogens is 4. The van der Waals surface area contributed by atoms with Gasteiger partial charge in [-0.05, 0) is 62.1 Å². The SMILES string of the molecule is COc1ccc(C23C[C@@H]2CN(CCCSc2nnc(-c4cccnc4)n2C)C3)cc1C(C)=O. The molecule has 3 aromatic rings. The Bertz CT molecular complexity index is 1160. The van der Waals surface area contributed by atoms with Crippen LogP contribution in [0.15, 0.2) is 47.9 Å². The van der Waals surface area contributed by atoms with Gasteiger partial charge in [0.2, 0.25) is 0 Å². The van der Waals surface area contributed by atoms with Gasteiger partial charge in [0, 0.05) is 49.3 Å². The molecule has 0 radical (unpaired) electrons. The van der Waals surface area contributed by atoms with Crippen molar-refractivity contribution in [3.8, 4) is 17.1 Å². The number of hydrogen-bond donors (Lipinski definition) is 0. The van der Waals surface area contributed by atoms with Gasteiger partial charge in [0.05, 0.1) is 12.7 Å². The molecule has 2 aromatic heterocycles. The number of thioether (sulfide) groups is 1. The van der Waals surface area contributed by atoms with Crippen molar-refractivity contribution < 1.29 is 9.53 Å². The van der Waals surface area contributed by atoms with Crippen molar-refractivity contribution in [3.05, 3.63) is 53.9 Å². The minimum Gasteiger partial charge on any atom is -0.496 e. The van der Waals surface area contributed by atoms with Crippen molar-refractivity contribution in [1.29, 1.82) is 0 Å². The lowest BCUT2D eigenvalue weighted by Crippen LogP contribution is -2.28. The van der Waals surface area contributed by atoms with Crippen LogP contribution in [0, 0.1) is 5.92 Å². The minimum atomic E-state index is 0.0598. The molecule has 33 heavy (non-hydrogen) atoms. The van der Waals surface area contributed by atoms with Crippen molar-refractivity contribution in [1.82, 2.24) is 24.6 Å². The summed E-state index contributed by atoms with van der Waals surface area (Å²) >= 11 is 1.75. The van der Waals surface area contributed by atoms with Gasteiger partial charge in [0.25, 0.3) is 0 Å². The van der Waals surface area contributed by atoms with Gasteiger partial charge in [-0.15, -0.1) is 10.2 Å². The molecule has 1 saturated carbocycles. The molecule has 1 aliphatic heterocycles. The fourth-order valence-electron chi connectivity index (χ4n) is 5.14. The smallest absolute Gasteiger partial charge is 0.191 e. The van der Waals surface area contributed by atoms with Crippen LogP contribution in [0.5, 0.6) is 5.75 Å². The molecule has 0 spiro atoms. The molecule has 0 N–H and O–H groups in total. The van der Waals surface area contributed by atoms with Crippen LogP contribution < -0.4 is 4.74 Å². The number of hydrogen-bond acceptors (Lipinski definition) is 7. The summed E-state index contributed by atoms with van der Waals surface area (Å²) in [5, 5.41) is 9.64. The second-order valence-electron chi connectivity index (χ2n) is 9.07. The average molecular weight is 464 g/mol. The molecule has 5 rings (SSSR count). The molecule has 0 amide bonds. The van der Waals surface area contributed by atoms with E-state index < -0.39 is 0 Å². The first-order valence-electron chi connectivity index (χ1n) is 11.4. The van der Waals surface area contributed by atoms with Gasteiger partial charge in [-0.1, -0.05) is 17.8 Å². The molecule has 2 atom stereocenters. The van der Waals surface area contributed by atoms with E-state index >= 15 is 0 Å². The number of Topliss-reactive ketones (excluding diaryl/α,β-unsaturated/α-hetero) is 1. The molecule has 172 valence electrons. The van der Waals surface area contributed by atoms with Gasteiger partial charge in [0.15, 0.2) is 16.8 Å². The van der Waals surface area contributed by atoms with Gasteiger partial charge in [0.1, 0.15) is 5.75 Å². The highest BCUT2D eigenvalue weighted by atomic mass is 32.2. The highest BCUT2D eigenvalue weighted by molar-refractivity contribution is 7.99. The maximum absolute atomic E-state index is 12.1. The van der Waals surface area contributed by atoms with Crippen molar-refractivity contribution >= 4 is 17.5 Å². The normalized spacial score (nSPS) is 21.7. The average Bonchev–Trinajstić information content (AvgIpc) is 3.21. The van der Waals surface area contributed by atoms with Gasteiger partial charge in [-0.2, -0.15) is 0 Å². The standard InChI is InChI=1S/C25H29N5O2S/c1-17(31)21-12-19(7-8-22(21)32-3)25-13-20(25)15-30(16-25)10-5-11-33-24-28-27-23(29(24)2)18-6-4-9-26-14-18/h4,6-9,12,14,20H,5,10-11,13,15-16H2,1-3H3/t20-,25?/m1/s1. The molecule has 3 heterocycles. The predicted molar refractivity (Wildman–Crippen MR) is 129 cm³/mol. The maximum atomic E-state index is 12.1. The lowest BCUT2D eigenvalue weighted by molar-refractivity contribution is 0.101. The first kappa shape index (κ1) is 22.1. The zero-order valence-corrected chi connectivity index (χ0v) is 20.1. The summed E-state index contributed by atoms with van der Waals surface area (Å²) in [4.78, 5) is 18.8. The predicted octanol–water partition coefficient (Wildman–Crippen LogP) is 3.84. The van der Waals surface area contributed by atoms with Crippen molar-refractivity contribution in [3.63, 3.8) is 0 Å². The molecule has 0 bridgehead atoms. The lowest BCUT2D eigenvalue weighted by Gasteiger charge is -2.21. The first-order valence-corrected chi connectivity index (χ1v) is 12.3. The molecule has 8 heteroatoms. The largest absolute Gasteiger partial charge is 0.496 e. The van der Waals surface area contributed by atoms with Gasteiger partial charge < -0.3 is 14.2 Å². The van der Waals surface area contributed by atoms with Crippen LogP contribution in [-0.2, 0) is 12.5 Å². The van der Waals surface area contributed by atoms with E-state index in [-0.39, 0.29) is 11.2 Å². The highest BCUT2D eigenvalue weighted by Gasteiger charge is 2.60. The van der Waals surface area contributed by atoms with Gasteiger partial charge in [-0.3, -0.25) is 9.78 Å². The number of benzene rings is 1. The zero-order chi connectivity index (χ0) is 23.0. The van der Waals surface area contributed by atoms with Crippen LogP contribution in [0.4, 0.5) is 0 Å². The van der Waals surface area contributed by atoms with E-state index in [0.29, 0.717) is 17.2 Å². The first-order chi connectivity index (χ1) is 16.0. The number of likely N-dealkylation sites (tertiary alicyclic amines) is 1. The number of piperidine rings is 1. The number of ether oxygens (including phenoxy) is 1. The van der Waals surface area contributed by atoms with E-state index in [0.717, 1.165) is 48.4 Å². The molecule has 2 aliphatic rings. The van der Waals surface area contributed by atoms with Gasteiger partial charge >= 0.3 is 0 Å². The third kappa shape index (κ3) is 4.17. The molecule has 2 fully saturated rings. The van der Waals surface area contributed by atoms with Crippen LogP contribution in [0.2, 0.25) is 0 Å². The Balaban J connectivity index is 1.15. The Morgan fingerprint density at radius 3 is 2.94 bits per heavy atom. The van der Waals surface area contributed by atoms with E-state index in [9.17, 15) is 4.79 Å². The molecular formula is C25H29N5O2S. The molecule has 1 aromatic carbocycles. The van der Waals surface area contributed by atoms with Crippen LogP contribution in [0.1, 0.15) is 35.7 Å². The summed E-state index contributed by atoms with van der Waals surface area (Å²) in [6.07, 6.45) is 5.90. The Kier molecular flexibility index (Phi) is 5.97. The van der Waals surface area contributed by atoms with Crippen LogP contribution >= 0.6 is 11.8 Å². The van der Waals surface area contributed by atoms with Crippen molar-refractivity contribution in [2.45, 2.75) is 30.3 Å². The summed E-state index contributed by atoms with van der Waals surface area (Å²) in [7, 11) is 3.63. The fraction of sp³-hybridized carbons (Fsp3) is 0.440. The van der Waals surface area contributed by atoms with Crippen LogP contribution in [0.25, 0.3) is 11.4 Å². The zero-order valence-electron chi connectivity index (χ0n) is 19.3. The van der Waals surface area contributed by atoms with Gasteiger partial charge in [-0.25, -0.2) is 0 Å². The summed E-state index contributed by atoms with van der Waals surface area (Å²) in [6, 6.07) is 10.1. The number of ketones is 1. The van der Waals surface area contributed by atoms with Crippen molar-refractivity contribution in [2.75, 3.05) is 32.5 Å². The Labute approximate surface area is 198 Å². The summed E-state index contributed by atoms with van der Waals surface area (Å²) in [5.41, 5.74) is 3.18. The Hall–Kier alpha value is -2.71. The quantitative estimate of drug-likeness (QED) is 0.271. The molecule has 1 saturated heterocycles. The van der Waals surface area contributed by atoms with E-state index in [4.69, 9.17) is 4.74 Å². The van der Waals surface area contributed by atoms with Crippen molar-refractivity contribution in [2.24, 2.45) is 13.0 Å². The van der Waals surface area contributed by atoms with Crippen LogP contribution in [-0.4, -0.2) is 62.9 Å². The maximum Gasteiger partial charge on any atom is 0.191 e. The van der Waals surface area contributed by atoms with E-state index in [2.05, 4.69) is 32.2 Å². The second-order valence-corrected chi connectivity index (χ2v) is 10.1. The third-order valence-electron chi connectivity index (χ3n) is 6.97. The summed E-state index contributed by atoms with van der Waals surface area (Å²) in [6.45, 7) is 4.90. The fourth-order valence-corrected chi connectivity index (χ4v) is 5.97. The molecular weight excluding hydrogens is 434 g/mol. The number of methoxy groups -OCH3 is 1. The number of carbonyl (C=O) groups is 1. The number of fused-ring (bicyclic) bond motifs is 1. The molecule has 7 nitrogen and oxygen atoms in total. The number of rotatable bonds is 9. The van der Waals surface area contributed by atoms with E-state index in [1.54, 1.807) is 32.0 Å². The second kappa shape index (κ2) is 8.91. The molecule has 1 aliphatic carbocycles. The minimum absolute atomic E-state index is 0.0598. The number of pyridine rings is 1. The topological polar surface area (TPSA) is 73.1 Å². The molecule has 1 unspecified atom stereocenters. The van der Waals surface area contributed by atoms with E-state index in [1.807, 2.05) is 36.0 Å². The Morgan fingerprint density at radius 1 is 1.30 bits per heavy atom. The third-order valence-corrected chi connectivity index (χ3v) is 8.08. The van der Waals surface area contributed by atoms with E-state index in [1.165, 1.54) is 12.0 Å². The Morgan fingerprint density at radius 2 is 2.18 bits per heavy atom. The summed E-state index contributed by atoms with van der Waals surface area (Å²) < 4.78 is 7.42. The lowest BCUT2D eigenvalue weighted by atomic mass is 9.92. The highest BCUT2D eigenvalue weighted by Crippen LogP contribution is 2.59. The van der Waals surface area contributed by atoms with Crippen LogP contribution in [0.3, 0.4) is 0 Å². The monoisotopic (exact) mass is 463 g/mol. The summed E-state index contributed by atoms with van der Waals surface area (Å²) in [5.74, 6) is 3.27.